The Morgan fingerprint density at radius 1 is 0.368 bits per heavy atom. The van der Waals surface area contributed by atoms with Crippen LogP contribution in [0, 0.1) is 0 Å². The summed E-state index contributed by atoms with van der Waals surface area (Å²) in [6.45, 7) is -7.37. The third kappa shape index (κ3) is 5.50. The Morgan fingerprint density at radius 2 is 0.632 bits per heavy atom. The summed E-state index contributed by atoms with van der Waals surface area (Å²) in [7, 11) is 0. The molecule has 7 aromatic carbocycles. The molecule has 2 fully saturated rings. The molecule has 0 amide bonds. The van der Waals surface area contributed by atoms with Gasteiger partial charge in [-0.1, -0.05) is 0 Å². The molecule has 0 saturated carbocycles. The van der Waals surface area contributed by atoms with E-state index in [2.05, 4.69) is 229 Å². The predicted molar refractivity (Wildman–Crippen MR) is 238 cm³/mol. The SMILES string of the molecule is C1=C[C@H]2NP(c3ccccc3)(c3ccccc3)(c3ccccc3)O[C@@H]2C(OCc2ccccc2)[C@@H]2OP(c3ccccc3)(c3ccccc3)(c3ccccc3)N[C@@H]12. The Morgan fingerprint density at radius 3 is 0.912 bits per heavy atom. The summed E-state index contributed by atoms with van der Waals surface area (Å²) >= 11 is 0. The van der Waals surface area contributed by atoms with Gasteiger partial charge in [-0.3, -0.25) is 0 Å². The molecule has 7 heteroatoms. The third-order valence-corrected chi connectivity index (χ3v) is 22.7. The van der Waals surface area contributed by atoms with E-state index in [1.54, 1.807) is 0 Å². The number of hydrogen-bond donors (Lipinski definition) is 2. The van der Waals surface area contributed by atoms with Crippen molar-refractivity contribution >= 4 is 45.8 Å². The minimum absolute atomic E-state index is 0.212. The first-order valence-electron chi connectivity index (χ1n) is 19.8. The molecular weight excluding hydrogens is 739 g/mol. The molecule has 2 saturated heterocycles. The van der Waals surface area contributed by atoms with Gasteiger partial charge in [0, 0.05) is 0 Å². The van der Waals surface area contributed by atoms with Gasteiger partial charge in [0.05, 0.1) is 0 Å². The topological polar surface area (TPSA) is 51.8 Å². The number of benzene rings is 7. The van der Waals surface area contributed by atoms with Crippen molar-refractivity contribution < 1.29 is 13.8 Å². The molecule has 57 heavy (non-hydrogen) atoms. The molecule has 1 aliphatic carbocycles. The molecule has 5 nitrogen and oxygen atoms in total. The molecule has 2 N–H and O–H groups in total. The second-order valence-electron chi connectivity index (χ2n) is 15.2. The van der Waals surface area contributed by atoms with Crippen molar-refractivity contribution in [2.24, 2.45) is 0 Å². The molecule has 2 aliphatic heterocycles. The van der Waals surface area contributed by atoms with E-state index in [9.17, 15) is 0 Å². The molecule has 5 atom stereocenters. The average Bonchev–Trinajstić information content (AvgIpc) is 3.82. The minimum atomic E-state index is -3.89. The quantitative estimate of drug-likeness (QED) is 0.117. The molecular formula is C50H46N2O3P2. The van der Waals surface area contributed by atoms with Crippen molar-refractivity contribution in [3.05, 3.63) is 230 Å². The number of fused-ring (bicyclic) bond motifs is 2. The van der Waals surface area contributed by atoms with E-state index in [4.69, 9.17) is 13.8 Å². The molecule has 3 aliphatic rings. The number of rotatable bonds is 9. The third-order valence-electron chi connectivity index (χ3n) is 12.1. The summed E-state index contributed by atoms with van der Waals surface area (Å²) < 4.78 is 23.7. The molecule has 10 rings (SSSR count). The van der Waals surface area contributed by atoms with Crippen molar-refractivity contribution in [3.8, 4) is 0 Å². The van der Waals surface area contributed by atoms with Gasteiger partial charge in [-0.15, -0.1) is 0 Å². The van der Waals surface area contributed by atoms with Crippen molar-refractivity contribution in [1.29, 1.82) is 0 Å². The summed E-state index contributed by atoms with van der Waals surface area (Å²) in [6, 6.07) is 74.7. The van der Waals surface area contributed by atoms with E-state index in [1.165, 1.54) is 0 Å². The van der Waals surface area contributed by atoms with Crippen LogP contribution in [0.1, 0.15) is 5.56 Å². The van der Waals surface area contributed by atoms with Gasteiger partial charge in [-0.25, -0.2) is 0 Å². The Labute approximate surface area is 335 Å². The van der Waals surface area contributed by atoms with Crippen LogP contribution in [0.4, 0.5) is 0 Å². The zero-order chi connectivity index (χ0) is 38.2. The van der Waals surface area contributed by atoms with Gasteiger partial charge < -0.3 is 0 Å². The Kier molecular flexibility index (Phi) is 9.17. The number of ether oxygens (including phenoxy) is 1. The average molecular weight is 785 g/mol. The zero-order valence-electron chi connectivity index (χ0n) is 31.6. The summed E-state index contributed by atoms with van der Waals surface area (Å²) in [6.07, 6.45) is 3.26. The monoisotopic (exact) mass is 784 g/mol. The van der Waals surface area contributed by atoms with E-state index < -0.39 is 32.3 Å². The maximum absolute atomic E-state index is 8.16. The van der Waals surface area contributed by atoms with Crippen molar-refractivity contribution in [3.63, 3.8) is 0 Å². The van der Waals surface area contributed by atoms with Crippen LogP contribution in [0.15, 0.2) is 224 Å². The molecule has 7 aromatic rings. The Hall–Kier alpha value is -5.06. The van der Waals surface area contributed by atoms with Gasteiger partial charge in [-0.2, -0.15) is 0 Å². The van der Waals surface area contributed by atoms with E-state index in [-0.39, 0.29) is 12.1 Å². The molecule has 1 unspecified atom stereocenters. The number of hydrogen-bond acceptors (Lipinski definition) is 5. The van der Waals surface area contributed by atoms with E-state index >= 15 is 0 Å². The maximum atomic E-state index is 8.16. The van der Waals surface area contributed by atoms with Crippen LogP contribution in [0.5, 0.6) is 0 Å². The molecule has 0 spiro atoms. The summed E-state index contributed by atoms with van der Waals surface area (Å²) in [5.74, 6) is 0. The standard InChI is InChI=1S/C50H46N2O3P2/c1-8-22-39(23-9-1)38-53-50-48-46(51-56(54-48,40-24-10-2-11-25-40,41-26-12-3-13-27-41)42-28-14-4-15-29-42)36-37-47-49(50)55-57(52-47,43-30-16-5-17-31-43,44-32-18-6-19-33-44)45-34-20-7-21-35-45/h1-37,46-52H,38H2/t46-,47+,48+,49-,50?. The first-order chi connectivity index (χ1) is 28.1. The summed E-state index contributed by atoms with van der Waals surface area (Å²) in [5.41, 5.74) is 1.10. The Balaban J connectivity index is 1.21. The van der Waals surface area contributed by atoms with Gasteiger partial charge in [0.15, 0.2) is 0 Å². The van der Waals surface area contributed by atoms with Crippen LogP contribution in [0.25, 0.3) is 0 Å². The first-order valence-corrected chi connectivity index (χ1v) is 24.1. The molecule has 0 radical (unpaired) electrons. The van der Waals surface area contributed by atoms with Crippen LogP contribution >= 0.6 is 14.0 Å². The van der Waals surface area contributed by atoms with Gasteiger partial charge in [-0.05, 0) is 0 Å². The van der Waals surface area contributed by atoms with Crippen LogP contribution in [0.2, 0.25) is 0 Å². The van der Waals surface area contributed by atoms with Gasteiger partial charge in [0.25, 0.3) is 0 Å². The van der Waals surface area contributed by atoms with Crippen LogP contribution in [-0.2, 0) is 20.4 Å². The van der Waals surface area contributed by atoms with Gasteiger partial charge >= 0.3 is 337 Å². The fourth-order valence-corrected chi connectivity index (χ4v) is 20.7. The number of nitrogens with one attached hydrogen (secondary N) is 2. The van der Waals surface area contributed by atoms with Gasteiger partial charge in [0.1, 0.15) is 0 Å². The molecule has 2 heterocycles. The predicted octanol–water partition coefficient (Wildman–Crippen LogP) is 7.58. The van der Waals surface area contributed by atoms with E-state index in [0.29, 0.717) is 6.61 Å². The van der Waals surface area contributed by atoms with Gasteiger partial charge in [0.2, 0.25) is 0 Å². The summed E-state index contributed by atoms with van der Waals surface area (Å²) in [5, 5.41) is 15.3. The van der Waals surface area contributed by atoms with Crippen LogP contribution in [0.3, 0.4) is 0 Å². The zero-order valence-corrected chi connectivity index (χ0v) is 33.4. The molecule has 0 aromatic heterocycles. The van der Waals surface area contributed by atoms with E-state index in [0.717, 1.165) is 37.4 Å². The van der Waals surface area contributed by atoms with Crippen LogP contribution < -0.4 is 42.0 Å². The second-order valence-corrected chi connectivity index (χ2v) is 23.4. The molecule has 284 valence electrons. The fraction of sp³-hybridized carbons (Fsp3) is 0.120. The first kappa shape index (κ1) is 36.3. The van der Waals surface area contributed by atoms with Crippen molar-refractivity contribution in [2.75, 3.05) is 0 Å². The summed E-state index contributed by atoms with van der Waals surface area (Å²) in [4.78, 5) is 0. The normalized spacial score (nSPS) is 26.3. The molecule has 0 bridgehead atoms. The Bertz CT molecular complexity index is 2120. The van der Waals surface area contributed by atoms with Crippen molar-refractivity contribution in [2.45, 2.75) is 37.0 Å². The van der Waals surface area contributed by atoms with Crippen molar-refractivity contribution in [1.82, 2.24) is 10.2 Å². The second kappa shape index (κ2) is 14.4. The van der Waals surface area contributed by atoms with E-state index in [1.807, 2.05) is 6.07 Å². The van der Waals surface area contributed by atoms with Crippen LogP contribution in [-0.4, -0.2) is 30.4 Å². The fourth-order valence-electron chi connectivity index (χ4n) is 9.59.